The van der Waals surface area contributed by atoms with Gasteiger partial charge in [-0.2, -0.15) is 17.5 Å². The Morgan fingerprint density at radius 3 is 2.29 bits per heavy atom. The predicted octanol–water partition coefficient (Wildman–Crippen LogP) is 0.755. The van der Waals surface area contributed by atoms with Crippen LogP contribution in [0.15, 0.2) is 29.2 Å². The predicted molar refractivity (Wildman–Crippen MR) is 98.2 cm³/mol. The van der Waals surface area contributed by atoms with Gasteiger partial charge in [0, 0.05) is 6.04 Å². The zero-order valence-corrected chi connectivity index (χ0v) is 17.0. The maximum Gasteiger partial charge on any atom is 0.417 e. The summed E-state index contributed by atoms with van der Waals surface area (Å²) in [5.41, 5.74) is -1.16. The first-order valence-electron chi connectivity index (χ1n) is 9.22. The number of carbonyl (C=O) groups excluding carboxylic acids is 1. The third-order valence-electron chi connectivity index (χ3n) is 5.04. The van der Waals surface area contributed by atoms with Gasteiger partial charge < -0.3 is 10.2 Å². The molecule has 6 nitrogen and oxygen atoms in total. The summed E-state index contributed by atoms with van der Waals surface area (Å²) in [5, 5.41) is 2.90. The molecule has 0 spiro atoms. The summed E-state index contributed by atoms with van der Waals surface area (Å²) < 4.78 is 66.1. The third kappa shape index (κ3) is 5.45. The van der Waals surface area contributed by atoms with Gasteiger partial charge in [0.2, 0.25) is 10.0 Å². The van der Waals surface area contributed by atoms with Crippen molar-refractivity contribution >= 4 is 15.9 Å². The molecule has 1 heterocycles. The standard InChI is InChI=1S/C18H26F3N3O3S/c1-13(2)14(3)22-17(25)12-23-8-10-24(11-9-23)28(26,27)16-7-5-4-6-15(16)18(19,20)21/h4-7,13-14H,8-12H2,1-3H3,(H,22,25)/p+1/t14-/m1/s1. The van der Waals surface area contributed by atoms with E-state index < -0.39 is 26.7 Å². The van der Waals surface area contributed by atoms with Crippen LogP contribution >= 0.6 is 0 Å². The lowest BCUT2D eigenvalue weighted by atomic mass is 10.1. The number of carbonyl (C=O) groups is 1. The fraction of sp³-hybridized carbons (Fsp3) is 0.611. The molecule has 2 rings (SSSR count). The Morgan fingerprint density at radius 1 is 1.18 bits per heavy atom. The molecule has 2 N–H and O–H groups in total. The molecule has 1 aromatic carbocycles. The van der Waals surface area contributed by atoms with Crippen LogP contribution in [0.5, 0.6) is 0 Å². The van der Waals surface area contributed by atoms with Crippen LogP contribution < -0.4 is 10.2 Å². The molecular weight excluding hydrogens is 395 g/mol. The minimum atomic E-state index is -4.75. The molecule has 0 aliphatic carbocycles. The quantitative estimate of drug-likeness (QED) is 0.711. The number of sulfonamides is 1. The Labute approximate surface area is 163 Å². The second-order valence-corrected chi connectivity index (χ2v) is 9.33. The van der Waals surface area contributed by atoms with Crippen LogP contribution in [0.3, 0.4) is 0 Å². The lowest BCUT2D eigenvalue weighted by Crippen LogP contribution is -3.15. The summed E-state index contributed by atoms with van der Waals surface area (Å²) in [6, 6.07) is 4.24. The lowest BCUT2D eigenvalue weighted by molar-refractivity contribution is -0.895. The van der Waals surface area contributed by atoms with Crippen LogP contribution in [0.4, 0.5) is 13.2 Å². The first kappa shape index (κ1) is 22.6. The van der Waals surface area contributed by atoms with Gasteiger partial charge in [0.15, 0.2) is 6.54 Å². The molecule has 158 valence electrons. The second-order valence-electron chi connectivity index (χ2n) is 7.42. The summed E-state index contributed by atoms with van der Waals surface area (Å²) in [6.45, 7) is 6.98. The molecule has 0 unspecified atom stereocenters. The van der Waals surface area contributed by atoms with Gasteiger partial charge in [0.05, 0.1) is 36.6 Å². The van der Waals surface area contributed by atoms with Crippen molar-refractivity contribution < 1.29 is 31.3 Å². The Morgan fingerprint density at radius 2 is 1.75 bits per heavy atom. The summed E-state index contributed by atoms with van der Waals surface area (Å²) in [7, 11) is -4.26. The van der Waals surface area contributed by atoms with Crippen LogP contribution in [0, 0.1) is 5.92 Å². The third-order valence-corrected chi connectivity index (χ3v) is 7.00. The second kappa shape index (κ2) is 8.79. The number of halogens is 3. The highest BCUT2D eigenvalue weighted by Crippen LogP contribution is 2.35. The van der Waals surface area contributed by atoms with Gasteiger partial charge in [-0.15, -0.1) is 0 Å². The van der Waals surface area contributed by atoms with Crippen molar-refractivity contribution in [3.8, 4) is 0 Å². The molecule has 1 fully saturated rings. The van der Waals surface area contributed by atoms with Gasteiger partial charge in [-0.3, -0.25) is 4.79 Å². The van der Waals surface area contributed by atoms with E-state index in [0.29, 0.717) is 19.0 Å². The largest absolute Gasteiger partial charge is 0.417 e. The van der Waals surface area contributed by atoms with Gasteiger partial charge in [-0.1, -0.05) is 26.0 Å². The maximum absolute atomic E-state index is 13.2. The topological polar surface area (TPSA) is 70.9 Å². The van der Waals surface area contributed by atoms with Gasteiger partial charge in [-0.25, -0.2) is 8.42 Å². The van der Waals surface area contributed by atoms with Crippen LogP contribution in [0.1, 0.15) is 26.3 Å². The highest BCUT2D eigenvalue weighted by atomic mass is 32.2. The lowest BCUT2D eigenvalue weighted by Gasteiger charge is -2.32. The van der Waals surface area contributed by atoms with E-state index in [9.17, 15) is 26.4 Å². The summed E-state index contributed by atoms with van der Waals surface area (Å²) in [5.74, 6) is 0.185. The first-order chi connectivity index (χ1) is 12.9. The van der Waals surface area contributed by atoms with Crippen LogP contribution in [0.2, 0.25) is 0 Å². The average Bonchev–Trinajstić information content (AvgIpc) is 2.61. The van der Waals surface area contributed by atoms with E-state index in [1.54, 1.807) is 0 Å². The zero-order valence-electron chi connectivity index (χ0n) is 16.2. The van der Waals surface area contributed by atoms with E-state index in [1.807, 2.05) is 20.8 Å². The molecule has 28 heavy (non-hydrogen) atoms. The average molecular weight is 422 g/mol. The SMILES string of the molecule is CC(C)[C@@H](C)NC(=O)C[NH+]1CCN(S(=O)(=O)c2ccccc2C(F)(F)F)CC1. The smallest absolute Gasteiger partial charge is 0.348 e. The minimum Gasteiger partial charge on any atom is -0.348 e. The van der Waals surface area contributed by atoms with Crippen LogP contribution in [0.25, 0.3) is 0 Å². The van der Waals surface area contributed by atoms with Gasteiger partial charge in [0.1, 0.15) is 0 Å². The van der Waals surface area contributed by atoms with Crippen molar-refractivity contribution in [1.29, 1.82) is 0 Å². The number of nitrogens with zero attached hydrogens (tertiary/aromatic N) is 1. The number of piperazine rings is 1. The van der Waals surface area contributed by atoms with Crippen LogP contribution in [-0.4, -0.2) is 57.4 Å². The molecule has 0 radical (unpaired) electrons. The summed E-state index contributed by atoms with van der Waals surface area (Å²) >= 11 is 0. The Kier molecular flexibility index (Phi) is 7.11. The number of amides is 1. The van der Waals surface area contributed by atoms with E-state index >= 15 is 0 Å². The number of nitrogens with one attached hydrogen (secondary N) is 2. The fourth-order valence-corrected chi connectivity index (χ4v) is 4.64. The molecule has 1 aliphatic heterocycles. The van der Waals surface area contributed by atoms with Gasteiger partial charge >= 0.3 is 6.18 Å². The molecule has 1 amide bonds. The first-order valence-corrected chi connectivity index (χ1v) is 10.7. The van der Waals surface area contributed by atoms with E-state index in [-0.39, 0.29) is 31.6 Å². The summed E-state index contributed by atoms with van der Waals surface area (Å²) in [6.07, 6.45) is -4.75. The molecular formula is C18H27F3N3O3S+. The molecule has 1 aromatic rings. The van der Waals surface area contributed by atoms with Crippen molar-refractivity contribution in [3.63, 3.8) is 0 Å². The van der Waals surface area contributed by atoms with Crippen molar-refractivity contribution in [2.24, 2.45) is 5.92 Å². The highest BCUT2D eigenvalue weighted by molar-refractivity contribution is 7.89. The molecule has 0 aromatic heterocycles. The molecule has 1 atom stereocenters. The maximum atomic E-state index is 13.2. The number of rotatable bonds is 6. The molecule has 0 saturated carbocycles. The van der Waals surface area contributed by atoms with E-state index in [1.165, 1.54) is 12.1 Å². The van der Waals surface area contributed by atoms with E-state index in [4.69, 9.17) is 0 Å². The van der Waals surface area contributed by atoms with Gasteiger partial charge in [0.25, 0.3) is 5.91 Å². The number of alkyl halides is 3. The fourth-order valence-electron chi connectivity index (χ4n) is 2.98. The van der Waals surface area contributed by atoms with E-state index in [0.717, 1.165) is 21.3 Å². The molecule has 0 bridgehead atoms. The number of hydrogen-bond donors (Lipinski definition) is 2. The number of quaternary nitrogens is 1. The number of hydrogen-bond acceptors (Lipinski definition) is 3. The normalized spacial score (nSPS) is 18.2. The van der Waals surface area contributed by atoms with Crippen LogP contribution in [-0.2, 0) is 21.0 Å². The monoisotopic (exact) mass is 422 g/mol. The Hall–Kier alpha value is -1.65. The molecule has 1 aliphatic rings. The number of benzene rings is 1. The van der Waals surface area contributed by atoms with Crippen molar-refractivity contribution in [1.82, 2.24) is 9.62 Å². The van der Waals surface area contributed by atoms with Crippen molar-refractivity contribution in [2.45, 2.75) is 37.9 Å². The van der Waals surface area contributed by atoms with E-state index in [2.05, 4.69) is 5.32 Å². The highest BCUT2D eigenvalue weighted by Gasteiger charge is 2.40. The Balaban J connectivity index is 2.02. The Bertz CT molecular complexity index is 789. The molecule has 10 heteroatoms. The zero-order chi connectivity index (χ0) is 21.1. The van der Waals surface area contributed by atoms with Crippen molar-refractivity contribution in [2.75, 3.05) is 32.7 Å². The molecule has 1 saturated heterocycles. The minimum absolute atomic E-state index is 0.0347. The van der Waals surface area contributed by atoms with Gasteiger partial charge in [-0.05, 0) is 25.0 Å². The van der Waals surface area contributed by atoms with Crippen molar-refractivity contribution in [3.05, 3.63) is 29.8 Å². The summed E-state index contributed by atoms with van der Waals surface area (Å²) in [4.78, 5) is 12.3.